The Balaban J connectivity index is 1.86. The lowest BCUT2D eigenvalue weighted by Crippen LogP contribution is -2.30. The number of benzene rings is 2. The molecular formula is C23H25ClN4O5. The molecule has 0 aliphatic heterocycles. The highest BCUT2D eigenvalue weighted by Gasteiger charge is 2.23. The highest BCUT2D eigenvalue weighted by atomic mass is 35.5. The maximum absolute atomic E-state index is 12.4. The third-order valence-electron chi connectivity index (χ3n) is 4.82. The molecule has 1 aliphatic rings. The summed E-state index contributed by atoms with van der Waals surface area (Å²) in [6.45, 7) is 1.83. The van der Waals surface area contributed by atoms with Gasteiger partial charge in [0, 0.05) is 23.9 Å². The summed E-state index contributed by atoms with van der Waals surface area (Å²) in [5, 5.41) is 13.4. The Bertz CT molecular complexity index is 1100. The monoisotopic (exact) mass is 472 g/mol. The standard InChI is InChI=1S/C23H25ClN4O5/c1-13-10-21(31-2)17(22(29)28-32-3)12-16(13)20(8-9-25)33-15-6-7-19(18(24)11-15)27-23(30)26-14-4-5-14/h6-12,14,25H,4-5H2,1-3H3,(H,28,29)(H2,26,27,30)/b20-8+,25-9?. The smallest absolute Gasteiger partial charge is 0.319 e. The average Bonchev–Trinajstić information content (AvgIpc) is 3.59. The molecule has 2 aromatic rings. The van der Waals surface area contributed by atoms with E-state index >= 15 is 0 Å². The van der Waals surface area contributed by atoms with Crippen molar-refractivity contribution in [2.75, 3.05) is 19.5 Å². The molecule has 174 valence electrons. The maximum atomic E-state index is 12.4. The maximum Gasteiger partial charge on any atom is 0.319 e. The normalized spacial score (nSPS) is 13.2. The van der Waals surface area contributed by atoms with E-state index in [4.69, 9.17) is 31.3 Å². The molecule has 1 fully saturated rings. The minimum absolute atomic E-state index is 0.226. The van der Waals surface area contributed by atoms with E-state index < -0.39 is 5.91 Å². The van der Waals surface area contributed by atoms with E-state index in [2.05, 4.69) is 16.1 Å². The molecule has 33 heavy (non-hydrogen) atoms. The number of amides is 3. The van der Waals surface area contributed by atoms with Crippen LogP contribution in [0.1, 0.15) is 34.3 Å². The zero-order valence-corrected chi connectivity index (χ0v) is 19.2. The van der Waals surface area contributed by atoms with Crippen molar-refractivity contribution in [1.29, 1.82) is 5.41 Å². The predicted octanol–water partition coefficient (Wildman–Crippen LogP) is 4.30. The van der Waals surface area contributed by atoms with Crippen molar-refractivity contribution in [2.45, 2.75) is 25.8 Å². The molecule has 3 amide bonds. The number of nitrogens with one attached hydrogen (secondary N) is 4. The Hall–Kier alpha value is -3.56. The second-order valence-corrected chi connectivity index (χ2v) is 7.72. The van der Waals surface area contributed by atoms with Gasteiger partial charge in [0.15, 0.2) is 0 Å². The van der Waals surface area contributed by atoms with Crippen molar-refractivity contribution in [3.05, 3.63) is 58.1 Å². The van der Waals surface area contributed by atoms with Gasteiger partial charge in [0.25, 0.3) is 5.91 Å². The van der Waals surface area contributed by atoms with Crippen LogP contribution in [0.15, 0.2) is 36.4 Å². The molecule has 1 aliphatic carbocycles. The summed E-state index contributed by atoms with van der Waals surface area (Å²) in [5.74, 6) is 0.579. The number of methoxy groups -OCH3 is 1. The number of hydrogen-bond donors (Lipinski definition) is 4. The van der Waals surface area contributed by atoms with Gasteiger partial charge in [-0.05, 0) is 55.7 Å². The molecule has 0 aromatic heterocycles. The summed E-state index contributed by atoms with van der Waals surface area (Å²) < 4.78 is 11.3. The number of urea groups is 1. The molecular weight excluding hydrogens is 448 g/mol. The van der Waals surface area contributed by atoms with Gasteiger partial charge < -0.3 is 25.5 Å². The van der Waals surface area contributed by atoms with E-state index in [0.717, 1.165) is 24.6 Å². The Morgan fingerprint density at radius 1 is 1.15 bits per heavy atom. The minimum Gasteiger partial charge on any atom is -0.496 e. The molecule has 2 aromatic carbocycles. The first-order valence-corrected chi connectivity index (χ1v) is 10.5. The minimum atomic E-state index is -0.493. The SMILES string of the molecule is CONC(=O)c1cc(/C(=C\C=N)Oc2ccc(NC(=O)NC3CC3)c(Cl)c2)c(C)cc1OC. The summed E-state index contributed by atoms with van der Waals surface area (Å²) in [6, 6.07) is 8.04. The second kappa shape index (κ2) is 10.8. The topological polar surface area (TPSA) is 122 Å². The first kappa shape index (κ1) is 24.1. The number of allylic oxidation sites excluding steroid dienone is 1. The number of carbonyl (C=O) groups excluding carboxylic acids is 2. The van der Waals surface area contributed by atoms with E-state index in [9.17, 15) is 9.59 Å². The molecule has 0 heterocycles. The van der Waals surface area contributed by atoms with Crippen molar-refractivity contribution in [2.24, 2.45) is 0 Å². The van der Waals surface area contributed by atoms with Gasteiger partial charge in [-0.3, -0.25) is 9.63 Å². The van der Waals surface area contributed by atoms with E-state index in [0.29, 0.717) is 33.5 Å². The molecule has 9 nitrogen and oxygen atoms in total. The number of rotatable bonds is 9. The summed E-state index contributed by atoms with van der Waals surface area (Å²) in [7, 11) is 2.80. The molecule has 3 rings (SSSR count). The van der Waals surface area contributed by atoms with Crippen LogP contribution < -0.4 is 25.6 Å². The molecule has 0 spiro atoms. The Labute approximate surface area is 196 Å². The third kappa shape index (κ3) is 6.24. The van der Waals surface area contributed by atoms with Crippen LogP contribution in [0.4, 0.5) is 10.5 Å². The third-order valence-corrected chi connectivity index (χ3v) is 5.13. The van der Waals surface area contributed by atoms with Crippen molar-refractivity contribution >= 4 is 41.2 Å². The summed E-state index contributed by atoms with van der Waals surface area (Å²) in [6.07, 6.45) is 4.50. The number of hydrogen-bond acceptors (Lipinski definition) is 6. The number of anilines is 1. The van der Waals surface area contributed by atoms with Gasteiger partial charge in [-0.25, -0.2) is 10.3 Å². The van der Waals surface area contributed by atoms with Gasteiger partial charge in [-0.1, -0.05) is 11.6 Å². The zero-order valence-electron chi connectivity index (χ0n) is 18.5. The zero-order chi connectivity index (χ0) is 24.0. The van der Waals surface area contributed by atoms with Gasteiger partial charge in [0.1, 0.15) is 17.3 Å². The first-order valence-electron chi connectivity index (χ1n) is 10.1. The first-order chi connectivity index (χ1) is 15.9. The Morgan fingerprint density at radius 2 is 1.91 bits per heavy atom. The lowest BCUT2D eigenvalue weighted by Gasteiger charge is -2.17. The number of hydroxylamine groups is 1. The van der Waals surface area contributed by atoms with Gasteiger partial charge in [-0.15, -0.1) is 0 Å². The van der Waals surface area contributed by atoms with Crippen molar-refractivity contribution in [3.8, 4) is 11.5 Å². The highest BCUT2D eigenvalue weighted by molar-refractivity contribution is 6.33. The second-order valence-electron chi connectivity index (χ2n) is 7.32. The highest BCUT2D eigenvalue weighted by Crippen LogP contribution is 2.32. The van der Waals surface area contributed by atoms with Gasteiger partial charge >= 0.3 is 6.03 Å². The fraction of sp³-hybridized carbons (Fsp3) is 0.261. The fourth-order valence-electron chi connectivity index (χ4n) is 3.05. The quantitative estimate of drug-likeness (QED) is 0.246. The summed E-state index contributed by atoms with van der Waals surface area (Å²) in [5.41, 5.74) is 4.28. The van der Waals surface area contributed by atoms with E-state index in [1.54, 1.807) is 30.3 Å². The fourth-order valence-corrected chi connectivity index (χ4v) is 3.27. The van der Waals surface area contributed by atoms with Gasteiger partial charge in [0.2, 0.25) is 0 Å². The number of halogens is 1. The number of aryl methyl sites for hydroxylation is 1. The molecule has 0 saturated heterocycles. The predicted molar refractivity (Wildman–Crippen MR) is 126 cm³/mol. The van der Waals surface area contributed by atoms with Crippen molar-refractivity contribution in [3.63, 3.8) is 0 Å². The van der Waals surface area contributed by atoms with Crippen LogP contribution in [0.2, 0.25) is 5.02 Å². The summed E-state index contributed by atoms with van der Waals surface area (Å²) >= 11 is 6.33. The molecule has 0 bridgehead atoms. The number of carbonyl (C=O) groups is 2. The lowest BCUT2D eigenvalue weighted by molar-refractivity contribution is 0.0534. The largest absolute Gasteiger partial charge is 0.496 e. The molecule has 0 unspecified atom stereocenters. The van der Waals surface area contributed by atoms with Crippen molar-refractivity contribution in [1.82, 2.24) is 10.8 Å². The molecule has 4 N–H and O–H groups in total. The molecule has 10 heteroatoms. The van der Waals surface area contributed by atoms with Crippen LogP contribution in [-0.4, -0.2) is 38.4 Å². The van der Waals surface area contributed by atoms with Crippen molar-refractivity contribution < 1.29 is 23.9 Å². The van der Waals surface area contributed by atoms with Crippen LogP contribution in [0.25, 0.3) is 5.76 Å². The molecule has 0 radical (unpaired) electrons. The van der Waals surface area contributed by atoms with E-state index in [1.807, 2.05) is 6.92 Å². The Morgan fingerprint density at radius 3 is 2.52 bits per heavy atom. The van der Waals surface area contributed by atoms with Crippen LogP contribution >= 0.6 is 11.6 Å². The summed E-state index contributed by atoms with van der Waals surface area (Å²) in [4.78, 5) is 29.1. The van der Waals surface area contributed by atoms with Crippen LogP contribution in [0.3, 0.4) is 0 Å². The van der Waals surface area contributed by atoms with Crippen LogP contribution in [0, 0.1) is 12.3 Å². The van der Waals surface area contributed by atoms with E-state index in [1.165, 1.54) is 20.3 Å². The van der Waals surface area contributed by atoms with E-state index in [-0.39, 0.29) is 17.6 Å². The van der Waals surface area contributed by atoms with Gasteiger partial charge in [0.05, 0.1) is 30.5 Å². The average molecular weight is 473 g/mol. The lowest BCUT2D eigenvalue weighted by atomic mass is 10.0. The molecule has 1 saturated carbocycles. The van der Waals surface area contributed by atoms with Crippen LogP contribution in [-0.2, 0) is 4.84 Å². The molecule has 0 atom stereocenters. The van der Waals surface area contributed by atoms with Gasteiger partial charge in [-0.2, -0.15) is 0 Å². The van der Waals surface area contributed by atoms with Crippen LogP contribution in [0.5, 0.6) is 11.5 Å². The Kier molecular flexibility index (Phi) is 7.92. The number of ether oxygens (including phenoxy) is 2.